The Morgan fingerprint density at radius 1 is 0.791 bits per heavy atom. The molecule has 222 valence electrons. The summed E-state index contributed by atoms with van der Waals surface area (Å²) in [5, 5.41) is 2.69. The molecule has 0 bridgehead atoms. The van der Waals surface area contributed by atoms with Crippen molar-refractivity contribution in [2.45, 2.75) is 23.9 Å². The minimum Gasteiger partial charge on any atom is -0.486 e. The largest absolute Gasteiger partial charge is 0.486 e. The molecule has 0 spiro atoms. The number of benzene rings is 4. The first kappa shape index (κ1) is 29.7. The molecular weight excluding hydrogens is 566 g/mol. The number of carbonyl (C=O) groups excluding carboxylic acids is 2. The molecule has 43 heavy (non-hydrogen) atoms. The summed E-state index contributed by atoms with van der Waals surface area (Å²) in [4.78, 5) is 29.1. The lowest BCUT2D eigenvalue weighted by Gasteiger charge is -2.33. The van der Waals surface area contributed by atoms with Crippen LogP contribution in [0.5, 0.6) is 11.5 Å². The number of rotatable bonds is 11. The van der Waals surface area contributed by atoms with Gasteiger partial charge < -0.3 is 19.7 Å². The maximum absolute atomic E-state index is 14.3. The van der Waals surface area contributed by atoms with Crippen molar-refractivity contribution < 1.29 is 27.5 Å². The van der Waals surface area contributed by atoms with E-state index in [-0.39, 0.29) is 29.5 Å². The molecule has 0 saturated carbocycles. The van der Waals surface area contributed by atoms with Crippen LogP contribution in [-0.2, 0) is 32.6 Å². The van der Waals surface area contributed by atoms with Crippen LogP contribution in [-0.4, -0.2) is 58.0 Å². The van der Waals surface area contributed by atoms with Crippen molar-refractivity contribution in [2.24, 2.45) is 0 Å². The van der Waals surface area contributed by atoms with Crippen LogP contribution in [0.3, 0.4) is 0 Å². The number of anilines is 1. The third kappa shape index (κ3) is 6.98. The van der Waals surface area contributed by atoms with Gasteiger partial charge in [-0.3, -0.25) is 13.9 Å². The standard InChI is InChI=1S/C33H33N3O6S/c1-34-33(38)29(21-25-11-5-2-6-12-25)35(23-26-13-7-3-8-14-26)32(37)24-36(43(39,40)28-15-9-4-10-16-28)27-17-18-30-31(22-27)42-20-19-41-30/h2-18,22,29H,19-21,23-24H2,1H3,(H,34,38). The van der Waals surface area contributed by atoms with Crippen LogP contribution in [0, 0.1) is 0 Å². The van der Waals surface area contributed by atoms with E-state index in [1.807, 2.05) is 60.7 Å². The minimum atomic E-state index is -4.20. The van der Waals surface area contributed by atoms with Crippen molar-refractivity contribution in [1.29, 1.82) is 0 Å². The van der Waals surface area contributed by atoms with Gasteiger partial charge in [0, 0.05) is 26.1 Å². The summed E-state index contributed by atoms with van der Waals surface area (Å²) in [5.74, 6) is -0.0164. The van der Waals surface area contributed by atoms with E-state index in [2.05, 4.69) is 5.32 Å². The Bertz CT molecular complexity index is 1650. The molecule has 4 aromatic rings. The van der Waals surface area contributed by atoms with E-state index in [0.717, 1.165) is 15.4 Å². The van der Waals surface area contributed by atoms with Gasteiger partial charge in [-0.1, -0.05) is 78.9 Å². The number of carbonyl (C=O) groups is 2. The molecule has 4 aromatic carbocycles. The van der Waals surface area contributed by atoms with Gasteiger partial charge in [0.15, 0.2) is 11.5 Å². The van der Waals surface area contributed by atoms with Crippen LogP contribution in [0.15, 0.2) is 114 Å². The summed E-state index contributed by atoms with van der Waals surface area (Å²) in [6.45, 7) is 0.253. The zero-order valence-electron chi connectivity index (χ0n) is 23.8. The van der Waals surface area contributed by atoms with Gasteiger partial charge in [0.2, 0.25) is 11.8 Å². The lowest BCUT2D eigenvalue weighted by molar-refractivity contribution is -0.139. The summed E-state index contributed by atoms with van der Waals surface area (Å²) in [6, 6.07) is 30.5. The van der Waals surface area contributed by atoms with Crippen molar-refractivity contribution >= 4 is 27.5 Å². The van der Waals surface area contributed by atoms with Crippen LogP contribution in [0.4, 0.5) is 5.69 Å². The normalized spacial score (nSPS) is 13.0. The third-order valence-electron chi connectivity index (χ3n) is 7.14. The van der Waals surface area contributed by atoms with Gasteiger partial charge in [-0.25, -0.2) is 8.42 Å². The Morgan fingerprint density at radius 2 is 1.37 bits per heavy atom. The van der Waals surface area contributed by atoms with E-state index in [0.29, 0.717) is 24.7 Å². The molecular formula is C33H33N3O6S. The molecule has 1 unspecified atom stereocenters. The highest BCUT2D eigenvalue weighted by Crippen LogP contribution is 2.36. The van der Waals surface area contributed by atoms with Crippen LogP contribution in [0.1, 0.15) is 11.1 Å². The quantitative estimate of drug-likeness (QED) is 0.279. The monoisotopic (exact) mass is 599 g/mol. The molecule has 1 aliphatic heterocycles. The highest BCUT2D eigenvalue weighted by atomic mass is 32.2. The first-order chi connectivity index (χ1) is 20.9. The maximum atomic E-state index is 14.3. The van der Waals surface area contributed by atoms with E-state index in [9.17, 15) is 18.0 Å². The second kappa shape index (κ2) is 13.4. The van der Waals surface area contributed by atoms with Crippen molar-refractivity contribution in [2.75, 3.05) is 31.1 Å². The SMILES string of the molecule is CNC(=O)C(Cc1ccccc1)N(Cc1ccccc1)C(=O)CN(c1ccc2c(c1)OCCO2)S(=O)(=O)c1ccccc1. The third-order valence-corrected chi connectivity index (χ3v) is 8.93. The lowest BCUT2D eigenvalue weighted by Crippen LogP contribution is -2.53. The number of hydrogen-bond acceptors (Lipinski definition) is 6. The Hall–Kier alpha value is -4.83. The molecule has 0 aromatic heterocycles. The van der Waals surface area contributed by atoms with Gasteiger partial charge in [0.25, 0.3) is 10.0 Å². The number of nitrogens with zero attached hydrogens (tertiary/aromatic N) is 2. The van der Waals surface area contributed by atoms with E-state index >= 15 is 0 Å². The molecule has 0 radical (unpaired) electrons. The Balaban J connectivity index is 1.56. The highest BCUT2D eigenvalue weighted by Gasteiger charge is 2.34. The maximum Gasteiger partial charge on any atom is 0.264 e. The lowest BCUT2D eigenvalue weighted by atomic mass is 10.0. The topological polar surface area (TPSA) is 105 Å². The number of amides is 2. The van der Waals surface area contributed by atoms with Crippen molar-refractivity contribution in [3.63, 3.8) is 0 Å². The van der Waals surface area contributed by atoms with Crippen LogP contribution >= 0.6 is 0 Å². The van der Waals surface area contributed by atoms with E-state index in [1.54, 1.807) is 36.4 Å². The number of nitrogens with one attached hydrogen (secondary N) is 1. The molecule has 1 N–H and O–H groups in total. The smallest absolute Gasteiger partial charge is 0.264 e. The van der Waals surface area contributed by atoms with Gasteiger partial charge in [0.1, 0.15) is 25.8 Å². The Kier molecular flexibility index (Phi) is 9.26. The number of likely N-dealkylation sites (N-methyl/N-ethyl adjacent to an activating group) is 1. The molecule has 0 saturated heterocycles. The predicted molar refractivity (Wildman–Crippen MR) is 163 cm³/mol. The van der Waals surface area contributed by atoms with Crippen molar-refractivity contribution in [1.82, 2.24) is 10.2 Å². The average molecular weight is 600 g/mol. The fourth-order valence-corrected chi connectivity index (χ4v) is 6.36. The number of ether oxygens (including phenoxy) is 2. The van der Waals surface area contributed by atoms with Gasteiger partial charge >= 0.3 is 0 Å². The zero-order chi connectivity index (χ0) is 30.2. The molecule has 10 heteroatoms. The first-order valence-corrected chi connectivity index (χ1v) is 15.4. The second-order valence-electron chi connectivity index (χ2n) is 9.98. The summed E-state index contributed by atoms with van der Waals surface area (Å²) >= 11 is 0. The van der Waals surface area contributed by atoms with Gasteiger partial charge in [-0.15, -0.1) is 0 Å². The Morgan fingerprint density at radius 3 is 2.00 bits per heavy atom. The highest BCUT2D eigenvalue weighted by molar-refractivity contribution is 7.92. The number of sulfonamides is 1. The summed E-state index contributed by atoms with van der Waals surface area (Å²) in [5.41, 5.74) is 1.90. The van der Waals surface area contributed by atoms with E-state index < -0.39 is 28.5 Å². The zero-order valence-corrected chi connectivity index (χ0v) is 24.6. The summed E-state index contributed by atoms with van der Waals surface area (Å²) in [6.07, 6.45) is 0.245. The number of fused-ring (bicyclic) bond motifs is 1. The summed E-state index contributed by atoms with van der Waals surface area (Å²) < 4.78 is 40.6. The fourth-order valence-electron chi connectivity index (χ4n) is 4.94. The first-order valence-electron chi connectivity index (χ1n) is 13.9. The van der Waals surface area contributed by atoms with Gasteiger partial charge in [-0.05, 0) is 35.4 Å². The minimum absolute atomic E-state index is 0.0273. The summed E-state index contributed by atoms with van der Waals surface area (Å²) in [7, 11) is -2.68. The molecule has 9 nitrogen and oxygen atoms in total. The van der Waals surface area contributed by atoms with Crippen molar-refractivity contribution in [3.05, 3.63) is 120 Å². The average Bonchev–Trinajstić information content (AvgIpc) is 3.05. The molecule has 2 amide bonds. The van der Waals surface area contributed by atoms with Gasteiger partial charge in [0.05, 0.1) is 10.6 Å². The van der Waals surface area contributed by atoms with E-state index in [4.69, 9.17) is 9.47 Å². The Labute approximate surface area is 251 Å². The predicted octanol–water partition coefficient (Wildman–Crippen LogP) is 4.04. The molecule has 0 aliphatic carbocycles. The van der Waals surface area contributed by atoms with Crippen LogP contribution in [0.25, 0.3) is 0 Å². The van der Waals surface area contributed by atoms with Crippen molar-refractivity contribution in [3.8, 4) is 11.5 Å². The fraction of sp³-hybridized carbons (Fsp3) is 0.212. The molecule has 5 rings (SSSR count). The number of hydrogen-bond donors (Lipinski definition) is 1. The van der Waals surface area contributed by atoms with Gasteiger partial charge in [-0.2, -0.15) is 0 Å². The van der Waals surface area contributed by atoms with Crippen LogP contribution < -0.4 is 19.1 Å². The molecule has 1 aliphatic rings. The molecule has 1 atom stereocenters. The molecule has 1 heterocycles. The van der Waals surface area contributed by atoms with E-state index in [1.165, 1.54) is 24.1 Å². The second-order valence-corrected chi connectivity index (χ2v) is 11.8. The molecule has 0 fully saturated rings. The van der Waals surface area contributed by atoms with Crippen LogP contribution in [0.2, 0.25) is 0 Å².